The van der Waals surface area contributed by atoms with Gasteiger partial charge in [-0.15, -0.1) is 0 Å². The number of nitrogens with zero attached hydrogens (tertiary/aromatic N) is 4. The highest BCUT2D eigenvalue weighted by Gasteiger charge is 2.28. The van der Waals surface area contributed by atoms with Crippen molar-refractivity contribution in [1.82, 2.24) is 20.2 Å². The zero-order valence-electron chi connectivity index (χ0n) is 13.6. The van der Waals surface area contributed by atoms with Gasteiger partial charge < -0.3 is 10.2 Å². The molecule has 1 saturated heterocycles. The molecule has 5 nitrogen and oxygen atoms in total. The molecule has 1 N–H and O–H groups in total. The highest BCUT2D eigenvalue weighted by molar-refractivity contribution is 5.50. The molecule has 1 atom stereocenters. The van der Waals surface area contributed by atoms with E-state index in [0.29, 0.717) is 6.04 Å². The summed E-state index contributed by atoms with van der Waals surface area (Å²) in [5.74, 6) is 1.14. The lowest BCUT2D eigenvalue weighted by Gasteiger charge is -2.41. The van der Waals surface area contributed by atoms with E-state index < -0.39 is 0 Å². The van der Waals surface area contributed by atoms with Gasteiger partial charge in [0.05, 0.1) is 11.7 Å². The topological polar surface area (TPSA) is 44.3 Å². The van der Waals surface area contributed by atoms with Crippen LogP contribution in [0.5, 0.6) is 0 Å². The lowest BCUT2D eigenvalue weighted by atomic mass is 10.0. The molecular weight excluding hydrogens is 286 g/mol. The van der Waals surface area contributed by atoms with Crippen molar-refractivity contribution in [3.8, 4) is 0 Å². The van der Waals surface area contributed by atoms with Gasteiger partial charge in [-0.25, -0.2) is 9.97 Å². The Morgan fingerprint density at radius 3 is 2.87 bits per heavy atom. The lowest BCUT2D eigenvalue weighted by Crippen LogP contribution is -2.47. The highest BCUT2D eigenvalue weighted by Crippen LogP contribution is 2.29. The molecule has 0 unspecified atom stereocenters. The number of rotatable bonds is 2. The zero-order valence-corrected chi connectivity index (χ0v) is 13.6. The van der Waals surface area contributed by atoms with Crippen molar-refractivity contribution in [2.45, 2.75) is 19.0 Å². The molecule has 0 aliphatic carbocycles. The van der Waals surface area contributed by atoms with Gasteiger partial charge in [-0.1, -0.05) is 30.3 Å². The van der Waals surface area contributed by atoms with E-state index in [4.69, 9.17) is 0 Å². The van der Waals surface area contributed by atoms with Crippen LogP contribution in [0.25, 0.3) is 0 Å². The van der Waals surface area contributed by atoms with Crippen molar-refractivity contribution < 1.29 is 0 Å². The molecule has 3 heterocycles. The number of fused-ring (bicyclic) bond motifs is 1. The molecule has 23 heavy (non-hydrogen) atoms. The summed E-state index contributed by atoms with van der Waals surface area (Å²) < 4.78 is 0. The zero-order chi connectivity index (χ0) is 15.6. The Morgan fingerprint density at radius 1 is 1.13 bits per heavy atom. The Kier molecular flexibility index (Phi) is 3.97. The predicted molar refractivity (Wildman–Crippen MR) is 91.5 cm³/mol. The van der Waals surface area contributed by atoms with E-state index in [-0.39, 0.29) is 0 Å². The Balaban J connectivity index is 1.63. The molecule has 4 rings (SSSR count). The van der Waals surface area contributed by atoms with Gasteiger partial charge in [-0.2, -0.15) is 0 Å². The van der Waals surface area contributed by atoms with Crippen molar-refractivity contribution in [2.24, 2.45) is 0 Å². The number of likely N-dealkylation sites (N-methyl/N-ethyl adjacent to an activating group) is 1. The van der Waals surface area contributed by atoms with Crippen LogP contribution in [0.4, 0.5) is 5.82 Å². The van der Waals surface area contributed by atoms with Gasteiger partial charge in [-0.3, -0.25) is 4.90 Å². The van der Waals surface area contributed by atoms with Crippen molar-refractivity contribution in [3.63, 3.8) is 0 Å². The van der Waals surface area contributed by atoms with Gasteiger partial charge in [-0.05, 0) is 25.6 Å². The van der Waals surface area contributed by atoms with Crippen LogP contribution in [0.3, 0.4) is 0 Å². The summed E-state index contributed by atoms with van der Waals surface area (Å²) in [4.78, 5) is 14.0. The molecule has 2 aromatic rings. The van der Waals surface area contributed by atoms with E-state index in [0.717, 1.165) is 50.7 Å². The van der Waals surface area contributed by atoms with Crippen LogP contribution in [0.2, 0.25) is 0 Å². The summed E-state index contributed by atoms with van der Waals surface area (Å²) in [5, 5.41) is 3.40. The van der Waals surface area contributed by atoms with Crippen LogP contribution >= 0.6 is 0 Å². The summed E-state index contributed by atoms with van der Waals surface area (Å²) >= 11 is 0. The van der Waals surface area contributed by atoms with Gasteiger partial charge in [0, 0.05) is 31.7 Å². The first kappa shape index (κ1) is 14.6. The lowest BCUT2D eigenvalue weighted by molar-refractivity contribution is 0.220. The molecule has 120 valence electrons. The Labute approximate surface area is 137 Å². The van der Waals surface area contributed by atoms with Crippen LogP contribution in [-0.2, 0) is 13.0 Å². The second kappa shape index (κ2) is 6.26. The smallest absolute Gasteiger partial charge is 0.135 e. The molecule has 0 radical (unpaired) electrons. The molecule has 0 amide bonds. The largest absolute Gasteiger partial charge is 0.353 e. The van der Waals surface area contributed by atoms with E-state index >= 15 is 0 Å². The second-order valence-electron chi connectivity index (χ2n) is 6.40. The normalized spacial score (nSPS) is 22.0. The quantitative estimate of drug-likeness (QED) is 0.913. The van der Waals surface area contributed by atoms with E-state index in [1.165, 1.54) is 11.1 Å². The fourth-order valence-electron chi connectivity index (χ4n) is 3.64. The van der Waals surface area contributed by atoms with Crippen LogP contribution in [0, 0.1) is 0 Å². The van der Waals surface area contributed by atoms with E-state index in [1.807, 2.05) is 0 Å². The average Bonchev–Trinajstić information content (AvgIpc) is 2.62. The van der Waals surface area contributed by atoms with Crippen LogP contribution in [0.15, 0.2) is 36.7 Å². The van der Waals surface area contributed by atoms with E-state index in [1.54, 1.807) is 6.33 Å². The number of benzene rings is 1. The average molecular weight is 309 g/mol. The summed E-state index contributed by atoms with van der Waals surface area (Å²) in [6.45, 7) is 4.94. The van der Waals surface area contributed by atoms with Gasteiger partial charge in [0.1, 0.15) is 12.1 Å². The van der Waals surface area contributed by atoms with E-state index in [2.05, 4.69) is 62.5 Å². The molecule has 2 aliphatic rings. The summed E-state index contributed by atoms with van der Waals surface area (Å²) in [5.41, 5.74) is 3.88. The number of nitrogens with one attached hydrogen (secondary N) is 1. The third-order valence-electron chi connectivity index (χ3n) is 4.99. The monoisotopic (exact) mass is 309 g/mol. The maximum absolute atomic E-state index is 4.64. The third-order valence-corrected chi connectivity index (χ3v) is 4.99. The Morgan fingerprint density at radius 2 is 2.00 bits per heavy atom. The van der Waals surface area contributed by atoms with Crippen molar-refractivity contribution in [2.75, 3.05) is 38.1 Å². The van der Waals surface area contributed by atoms with Crippen LogP contribution in [-0.4, -0.2) is 48.1 Å². The fourth-order valence-corrected chi connectivity index (χ4v) is 3.64. The maximum Gasteiger partial charge on any atom is 0.135 e. The first-order valence-corrected chi connectivity index (χ1v) is 8.36. The van der Waals surface area contributed by atoms with Crippen LogP contribution < -0.4 is 10.2 Å². The minimum Gasteiger partial charge on any atom is -0.353 e. The SMILES string of the molecule is CN1CCN(c2ncnc3c2CCNC3)C[C@@H]1c1ccccc1. The van der Waals surface area contributed by atoms with Gasteiger partial charge in [0.25, 0.3) is 0 Å². The van der Waals surface area contributed by atoms with Gasteiger partial charge >= 0.3 is 0 Å². The second-order valence-corrected chi connectivity index (χ2v) is 6.40. The molecule has 0 spiro atoms. The third kappa shape index (κ3) is 2.82. The fraction of sp³-hybridized carbons (Fsp3) is 0.444. The number of piperazine rings is 1. The minimum absolute atomic E-state index is 0.414. The Bertz CT molecular complexity index is 672. The van der Waals surface area contributed by atoms with Gasteiger partial charge in [0.2, 0.25) is 0 Å². The summed E-state index contributed by atoms with van der Waals surface area (Å²) in [6, 6.07) is 11.2. The number of aromatic nitrogens is 2. The van der Waals surface area contributed by atoms with Crippen molar-refractivity contribution in [3.05, 3.63) is 53.5 Å². The first-order chi connectivity index (χ1) is 11.3. The van der Waals surface area contributed by atoms with E-state index in [9.17, 15) is 0 Å². The molecule has 1 aromatic heterocycles. The highest BCUT2D eigenvalue weighted by atomic mass is 15.3. The molecule has 0 bridgehead atoms. The van der Waals surface area contributed by atoms with Crippen molar-refractivity contribution in [1.29, 1.82) is 0 Å². The first-order valence-electron chi connectivity index (χ1n) is 8.36. The van der Waals surface area contributed by atoms with Crippen molar-refractivity contribution >= 4 is 5.82 Å². The molecule has 1 aromatic carbocycles. The molecule has 0 saturated carbocycles. The molecule has 2 aliphatic heterocycles. The molecular formula is C18H23N5. The number of hydrogen-bond donors (Lipinski definition) is 1. The molecule has 1 fully saturated rings. The molecule has 5 heteroatoms. The van der Waals surface area contributed by atoms with Crippen LogP contribution in [0.1, 0.15) is 22.9 Å². The minimum atomic E-state index is 0.414. The predicted octanol–water partition coefficient (Wildman–Crippen LogP) is 1.62. The number of hydrogen-bond acceptors (Lipinski definition) is 5. The number of anilines is 1. The summed E-state index contributed by atoms with van der Waals surface area (Å²) in [6.07, 6.45) is 2.74. The van der Waals surface area contributed by atoms with Gasteiger partial charge in [0.15, 0.2) is 0 Å². The standard InChI is InChI=1S/C18H23N5/c1-22-9-10-23(12-17(22)14-5-3-2-4-6-14)18-15-7-8-19-11-16(15)20-13-21-18/h2-6,13,17,19H,7-12H2,1H3/t17-/m1/s1. The Hall–Kier alpha value is -1.98. The maximum atomic E-state index is 4.64. The summed E-state index contributed by atoms with van der Waals surface area (Å²) in [7, 11) is 2.22.